The van der Waals surface area contributed by atoms with Crippen LogP contribution >= 0.6 is 0 Å². The number of imide groups is 1. The third kappa shape index (κ3) is 3.69. The van der Waals surface area contributed by atoms with Gasteiger partial charge in [0.05, 0.1) is 6.54 Å². The predicted octanol–water partition coefficient (Wildman–Crippen LogP) is 1.46. The molecular weight excluding hydrogens is 254 g/mol. The molecule has 0 aromatic heterocycles. The molecule has 0 atom stereocenters. The maximum Gasteiger partial charge on any atom is 0.229 e. The van der Waals surface area contributed by atoms with Crippen LogP contribution in [0.25, 0.3) is 0 Å². The molecule has 1 aromatic rings. The van der Waals surface area contributed by atoms with Gasteiger partial charge in [-0.3, -0.25) is 14.5 Å². The fraction of sp³-hybridized carbons (Fsp3) is 0.375. The smallest absolute Gasteiger partial charge is 0.229 e. The molecule has 1 aromatic carbocycles. The molecule has 1 aliphatic heterocycles. The zero-order valence-electron chi connectivity index (χ0n) is 11.3. The van der Waals surface area contributed by atoms with Crippen molar-refractivity contribution < 1.29 is 14.7 Å². The Labute approximate surface area is 118 Å². The molecule has 0 saturated carbocycles. The van der Waals surface area contributed by atoms with E-state index in [9.17, 15) is 9.59 Å². The average Bonchev–Trinajstić information content (AvgIpc) is 2.61. The highest BCUT2D eigenvalue weighted by molar-refractivity contribution is 5.95. The molecule has 2 amide bonds. The van der Waals surface area contributed by atoms with Crippen LogP contribution < -0.4 is 0 Å². The molecule has 20 heavy (non-hydrogen) atoms. The van der Waals surface area contributed by atoms with Gasteiger partial charge in [-0.1, -0.05) is 24.0 Å². The Morgan fingerprint density at radius 3 is 2.50 bits per heavy atom. The standard InChI is InChI=1S/C16H17NO3/c18-10-4-7-13-5-3-6-14(11-13)12-17-15(19)8-1-2-9-16(17)20/h3,5-6,11,18H,1-2,8-10,12H2. The lowest BCUT2D eigenvalue weighted by atomic mass is 10.1. The number of aliphatic hydroxyl groups excluding tert-OH is 1. The summed E-state index contributed by atoms with van der Waals surface area (Å²) >= 11 is 0. The van der Waals surface area contributed by atoms with Crippen LogP contribution in [-0.4, -0.2) is 28.4 Å². The Morgan fingerprint density at radius 1 is 1.15 bits per heavy atom. The number of nitrogens with zero attached hydrogens (tertiary/aromatic N) is 1. The fourth-order valence-corrected chi connectivity index (χ4v) is 2.21. The molecule has 104 valence electrons. The second kappa shape index (κ2) is 6.88. The number of carbonyl (C=O) groups is 2. The zero-order chi connectivity index (χ0) is 14.4. The molecule has 1 fully saturated rings. The zero-order valence-corrected chi connectivity index (χ0v) is 11.3. The van der Waals surface area contributed by atoms with Crippen LogP contribution in [0.2, 0.25) is 0 Å². The first-order valence-electron chi connectivity index (χ1n) is 6.72. The van der Waals surface area contributed by atoms with Crippen molar-refractivity contribution in [2.45, 2.75) is 32.2 Å². The third-order valence-corrected chi connectivity index (χ3v) is 3.21. The lowest BCUT2D eigenvalue weighted by molar-refractivity contribution is -0.144. The van der Waals surface area contributed by atoms with Gasteiger partial charge in [0.25, 0.3) is 0 Å². The maximum absolute atomic E-state index is 11.9. The molecule has 4 heteroatoms. The number of carbonyl (C=O) groups excluding carboxylic acids is 2. The van der Waals surface area contributed by atoms with E-state index in [0.29, 0.717) is 19.4 Å². The average molecular weight is 271 g/mol. The molecule has 0 bridgehead atoms. The van der Waals surface area contributed by atoms with Gasteiger partial charge in [-0.15, -0.1) is 0 Å². The molecule has 1 N–H and O–H groups in total. The van der Waals surface area contributed by atoms with Crippen molar-refractivity contribution in [3.05, 3.63) is 35.4 Å². The molecule has 1 heterocycles. The summed E-state index contributed by atoms with van der Waals surface area (Å²) in [6, 6.07) is 7.38. The highest BCUT2D eigenvalue weighted by Crippen LogP contribution is 2.16. The Bertz CT molecular complexity index is 551. The van der Waals surface area contributed by atoms with Crippen LogP contribution in [0, 0.1) is 11.8 Å². The summed E-state index contributed by atoms with van der Waals surface area (Å²) in [7, 11) is 0. The first kappa shape index (κ1) is 14.3. The number of hydrogen-bond acceptors (Lipinski definition) is 3. The van der Waals surface area contributed by atoms with Crippen molar-refractivity contribution in [2.24, 2.45) is 0 Å². The molecule has 2 rings (SSSR count). The van der Waals surface area contributed by atoms with E-state index in [1.165, 1.54) is 4.90 Å². The van der Waals surface area contributed by atoms with Gasteiger partial charge in [0.2, 0.25) is 11.8 Å². The molecule has 0 spiro atoms. The summed E-state index contributed by atoms with van der Waals surface area (Å²) in [5.74, 6) is 5.20. The van der Waals surface area contributed by atoms with Gasteiger partial charge in [0, 0.05) is 18.4 Å². The van der Waals surface area contributed by atoms with Crippen molar-refractivity contribution in [1.29, 1.82) is 0 Å². The molecule has 1 aliphatic rings. The van der Waals surface area contributed by atoms with E-state index >= 15 is 0 Å². The van der Waals surface area contributed by atoms with Gasteiger partial charge in [-0.2, -0.15) is 0 Å². The summed E-state index contributed by atoms with van der Waals surface area (Å²) in [5.41, 5.74) is 1.64. The van der Waals surface area contributed by atoms with Crippen LogP contribution in [0.3, 0.4) is 0 Å². The summed E-state index contributed by atoms with van der Waals surface area (Å²) in [6.45, 7) is 0.111. The van der Waals surface area contributed by atoms with Crippen LogP contribution in [0.5, 0.6) is 0 Å². The second-order valence-corrected chi connectivity index (χ2v) is 4.74. The van der Waals surface area contributed by atoms with Gasteiger partial charge in [-0.25, -0.2) is 0 Å². The first-order chi connectivity index (χ1) is 9.70. The monoisotopic (exact) mass is 271 g/mol. The van der Waals surface area contributed by atoms with E-state index in [4.69, 9.17) is 5.11 Å². The lowest BCUT2D eigenvalue weighted by Gasteiger charge is -2.18. The highest BCUT2D eigenvalue weighted by Gasteiger charge is 2.23. The van der Waals surface area contributed by atoms with Gasteiger partial charge in [0.15, 0.2) is 0 Å². The largest absolute Gasteiger partial charge is 0.384 e. The Kier molecular flexibility index (Phi) is 4.91. The maximum atomic E-state index is 11.9. The second-order valence-electron chi connectivity index (χ2n) is 4.74. The normalized spacial score (nSPS) is 15.6. The minimum atomic E-state index is -0.187. The van der Waals surface area contributed by atoms with Crippen molar-refractivity contribution in [1.82, 2.24) is 4.90 Å². The van der Waals surface area contributed by atoms with Crippen molar-refractivity contribution in [3.63, 3.8) is 0 Å². The van der Waals surface area contributed by atoms with Crippen molar-refractivity contribution >= 4 is 11.8 Å². The van der Waals surface area contributed by atoms with E-state index in [-0.39, 0.29) is 18.4 Å². The van der Waals surface area contributed by atoms with Crippen LogP contribution in [0.4, 0.5) is 0 Å². The fourth-order valence-electron chi connectivity index (χ4n) is 2.21. The van der Waals surface area contributed by atoms with Crippen molar-refractivity contribution in [2.75, 3.05) is 6.61 Å². The first-order valence-corrected chi connectivity index (χ1v) is 6.72. The topological polar surface area (TPSA) is 57.6 Å². The number of amides is 2. The molecule has 0 aliphatic carbocycles. The lowest BCUT2D eigenvalue weighted by Crippen LogP contribution is -2.34. The van der Waals surface area contributed by atoms with Gasteiger partial charge in [-0.05, 0) is 30.5 Å². The Hall–Kier alpha value is -2.12. The Balaban J connectivity index is 2.15. The molecule has 1 saturated heterocycles. The van der Waals surface area contributed by atoms with Gasteiger partial charge < -0.3 is 5.11 Å². The number of rotatable bonds is 2. The van der Waals surface area contributed by atoms with Gasteiger partial charge in [0.1, 0.15) is 6.61 Å². The third-order valence-electron chi connectivity index (χ3n) is 3.21. The summed E-state index contributed by atoms with van der Waals surface area (Å²) in [5, 5.41) is 8.69. The SMILES string of the molecule is O=C1CCCCC(=O)N1Cc1cccc(C#CCO)c1. The van der Waals surface area contributed by atoms with E-state index < -0.39 is 0 Å². The molecule has 0 radical (unpaired) electrons. The van der Waals surface area contributed by atoms with Crippen molar-refractivity contribution in [3.8, 4) is 11.8 Å². The molecular formula is C16H17NO3. The number of benzene rings is 1. The summed E-state index contributed by atoms with van der Waals surface area (Å²) in [6.07, 6.45) is 2.44. The molecule has 4 nitrogen and oxygen atoms in total. The number of hydrogen-bond donors (Lipinski definition) is 1. The Morgan fingerprint density at radius 2 is 1.85 bits per heavy atom. The quantitative estimate of drug-likeness (QED) is 0.654. The minimum Gasteiger partial charge on any atom is -0.384 e. The van der Waals surface area contributed by atoms with Crippen LogP contribution in [-0.2, 0) is 16.1 Å². The highest BCUT2D eigenvalue weighted by atomic mass is 16.2. The van der Waals surface area contributed by atoms with E-state index in [2.05, 4.69) is 11.8 Å². The molecule has 0 unspecified atom stereocenters. The van der Waals surface area contributed by atoms with Gasteiger partial charge >= 0.3 is 0 Å². The van der Waals surface area contributed by atoms with E-state index in [0.717, 1.165) is 24.0 Å². The van der Waals surface area contributed by atoms with Crippen LogP contribution in [0.1, 0.15) is 36.8 Å². The van der Waals surface area contributed by atoms with E-state index in [1.54, 1.807) is 0 Å². The summed E-state index contributed by atoms with van der Waals surface area (Å²) < 4.78 is 0. The van der Waals surface area contributed by atoms with Crippen LogP contribution in [0.15, 0.2) is 24.3 Å². The van der Waals surface area contributed by atoms with E-state index in [1.807, 2.05) is 24.3 Å². The predicted molar refractivity (Wildman–Crippen MR) is 74.4 cm³/mol. The number of likely N-dealkylation sites (tertiary alicyclic amines) is 1. The number of aliphatic hydroxyl groups is 1. The minimum absolute atomic E-state index is 0.0978. The summed E-state index contributed by atoms with van der Waals surface area (Å²) in [4.78, 5) is 25.2.